The van der Waals surface area contributed by atoms with E-state index < -0.39 is 0 Å². The lowest BCUT2D eigenvalue weighted by Crippen LogP contribution is -2.34. The van der Waals surface area contributed by atoms with E-state index in [-0.39, 0.29) is 5.54 Å². The van der Waals surface area contributed by atoms with Crippen LogP contribution in [0.15, 0.2) is 18.2 Å². The first-order chi connectivity index (χ1) is 6.90. The van der Waals surface area contributed by atoms with Crippen LogP contribution in [0.25, 0.3) is 0 Å². The third kappa shape index (κ3) is 3.92. The number of nitrogens with two attached hydrogens (primary N) is 1. The van der Waals surface area contributed by atoms with Crippen LogP contribution in [0.5, 0.6) is 0 Å². The smallest absolute Gasteiger partial charge is 0.0372 e. The summed E-state index contributed by atoms with van der Waals surface area (Å²) in [6.07, 6.45) is 0.973. The molecular weight excluding hydrogens is 184 g/mol. The number of rotatable bonds is 4. The third-order valence-electron chi connectivity index (χ3n) is 2.69. The van der Waals surface area contributed by atoms with Gasteiger partial charge in [0, 0.05) is 17.8 Å². The Morgan fingerprint density at radius 3 is 2.53 bits per heavy atom. The van der Waals surface area contributed by atoms with Gasteiger partial charge in [0.15, 0.2) is 0 Å². The predicted molar refractivity (Wildman–Crippen MR) is 67.3 cm³/mol. The van der Waals surface area contributed by atoms with Crippen LogP contribution in [-0.4, -0.2) is 12.1 Å². The molecule has 0 aliphatic rings. The highest BCUT2D eigenvalue weighted by Gasteiger charge is 2.09. The Morgan fingerprint density at radius 2 is 1.93 bits per heavy atom. The molecule has 0 atom stereocenters. The highest BCUT2D eigenvalue weighted by molar-refractivity contribution is 5.53. The van der Waals surface area contributed by atoms with E-state index in [1.807, 2.05) is 0 Å². The summed E-state index contributed by atoms with van der Waals surface area (Å²) in [5.41, 5.74) is 9.71. The highest BCUT2D eigenvalue weighted by Crippen LogP contribution is 2.18. The van der Waals surface area contributed by atoms with Crippen molar-refractivity contribution in [3.05, 3.63) is 29.3 Å². The first-order valence-corrected chi connectivity index (χ1v) is 5.49. The zero-order valence-electron chi connectivity index (χ0n) is 10.2. The molecule has 0 aromatic heterocycles. The highest BCUT2D eigenvalue weighted by atomic mass is 14.9. The molecule has 0 saturated carbocycles. The quantitative estimate of drug-likeness (QED) is 0.795. The Bertz CT molecular complexity index is 324. The number of benzene rings is 1. The summed E-state index contributed by atoms with van der Waals surface area (Å²) in [6.45, 7) is 9.31. The van der Waals surface area contributed by atoms with E-state index >= 15 is 0 Å². The average Bonchev–Trinajstić information content (AvgIpc) is 2.10. The van der Waals surface area contributed by atoms with Gasteiger partial charge in [-0.2, -0.15) is 0 Å². The lowest BCUT2D eigenvalue weighted by atomic mass is 10.0. The molecule has 2 heteroatoms. The normalized spacial score (nSPS) is 11.5. The van der Waals surface area contributed by atoms with Gasteiger partial charge in [0.05, 0.1) is 0 Å². The second-order valence-electron chi connectivity index (χ2n) is 4.91. The first kappa shape index (κ1) is 12.1. The minimum Gasteiger partial charge on any atom is -0.385 e. The Labute approximate surface area is 92.9 Å². The molecule has 0 unspecified atom stereocenters. The maximum Gasteiger partial charge on any atom is 0.0372 e. The zero-order valence-corrected chi connectivity index (χ0v) is 10.2. The largest absolute Gasteiger partial charge is 0.385 e. The predicted octanol–water partition coefficient (Wildman–Crippen LogP) is 2.84. The molecule has 1 aromatic carbocycles. The molecule has 0 spiro atoms. The molecule has 0 aliphatic heterocycles. The Hall–Kier alpha value is -1.02. The standard InChI is InChI=1S/C13H22N2/c1-10-6-5-7-12(11(10)2)15-9-8-13(3,4)14/h5-7,15H,8-9,14H2,1-4H3. The van der Waals surface area contributed by atoms with Crippen molar-refractivity contribution in [2.75, 3.05) is 11.9 Å². The molecule has 15 heavy (non-hydrogen) atoms. The van der Waals surface area contributed by atoms with Gasteiger partial charge in [0.2, 0.25) is 0 Å². The van der Waals surface area contributed by atoms with Crippen molar-refractivity contribution in [2.45, 2.75) is 39.7 Å². The van der Waals surface area contributed by atoms with Crippen LogP contribution in [0.2, 0.25) is 0 Å². The molecule has 1 aromatic rings. The van der Waals surface area contributed by atoms with Crippen LogP contribution in [0, 0.1) is 13.8 Å². The van der Waals surface area contributed by atoms with E-state index in [2.05, 4.69) is 51.2 Å². The maximum atomic E-state index is 5.93. The molecule has 0 fully saturated rings. The van der Waals surface area contributed by atoms with E-state index in [1.165, 1.54) is 16.8 Å². The third-order valence-corrected chi connectivity index (χ3v) is 2.69. The molecular formula is C13H22N2. The molecule has 0 heterocycles. The molecule has 0 saturated heterocycles. The summed E-state index contributed by atoms with van der Waals surface area (Å²) in [6, 6.07) is 6.33. The van der Waals surface area contributed by atoms with Crippen molar-refractivity contribution in [3.63, 3.8) is 0 Å². The monoisotopic (exact) mass is 206 g/mol. The van der Waals surface area contributed by atoms with Gasteiger partial charge < -0.3 is 11.1 Å². The Balaban J connectivity index is 2.55. The summed E-state index contributed by atoms with van der Waals surface area (Å²) < 4.78 is 0. The van der Waals surface area contributed by atoms with E-state index in [9.17, 15) is 0 Å². The van der Waals surface area contributed by atoms with Crippen molar-refractivity contribution in [1.82, 2.24) is 0 Å². The van der Waals surface area contributed by atoms with Gasteiger partial charge in [0.25, 0.3) is 0 Å². The van der Waals surface area contributed by atoms with Gasteiger partial charge >= 0.3 is 0 Å². The Kier molecular flexibility index (Phi) is 3.75. The molecule has 84 valence electrons. The zero-order chi connectivity index (χ0) is 11.5. The van der Waals surface area contributed by atoms with Gasteiger partial charge in [-0.05, 0) is 51.3 Å². The molecule has 0 bridgehead atoms. The SMILES string of the molecule is Cc1cccc(NCCC(C)(C)N)c1C. The molecule has 2 nitrogen and oxygen atoms in total. The molecule has 0 amide bonds. The number of aryl methyl sites for hydroxylation is 1. The lowest BCUT2D eigenvalue weighted by molar-refractivity contribution is 0.491. The summed E-state index contributed by atoms with van der Waals surface area (Å²) in [4.78, 5) is 0. The minimum atomic E-state index is -0.0925. The summed E-state index contributed by atoms with van der Waals surface area (Å²) in [5.74, 6) is 0. The van der Waals surface area contributed by atoms with E-state index in [0.29, 0.717) is 0 Å². The van der Waals surface area contributed by atoms with Crippen molar-refractivity contribution < 1.29 is 0 Å². The van der Waals surface area contributed by atoms with Crippen LogP contribution in [0.4, 0.5) is 5.69 Å². The van der Waals surface area contributed by atoms with Crippen LogP contribution >= 0.6 is 0 Å². The fourth-order valence-electron chi connectivity index (χ4n) is 1.46. The van der Waals surface area contributed by atoms with E-state index in [4.69, 9.17) is 5.73 Å². The number of nitrogens with one attached hydrogen (secondary N) is 1. The van der Waals surface area contributed by atoms with Gasteiger partial charge in [-0.1, -0.05) is 12.1 Å². The van der Waals surface area contributed by atoms with E-state index in [1.54, 1.807) is 0 Å². The summed E-state index contributed by atoms with van der Waals surface area (Å²) in [5, 5.41) is 3.43. The fourth-order valence-corrected chi connectivity index (χ4v) is 1.46. The number of anilines is 1. The van der Waals surface area contributed by atoms with Crippen LogP contribution in [0.1, 0.15) is 31.4 Å². The summed E-state index contributed by atoms with van der Waals surface area (Å²) >= 11 is 0. The maximum absolute atomic E-state index is 5.93. The van der Waals surface area contributed by atoms with Crippen LogP contribution in [0.3, 0.4) is 0 Å². The minimum absolute atomic E-state index is 0.0925. The fraction of sp³-hybridized carbons (Fsp3) is 0.538. The molecule has 3 N–H and O–H groups in total. The van der Waals surface area contributed by atoms with Crippen molar-refractivity contribution in [3.8, 4) is 0 Å². The number of hydrogen-bond acceptors (Lipinski definition) is 2. The van der Waals surface area contributed by atoms with Gasteiger partial charge in [-0.15, -0.1) is 0 Å². The lowest BCUT2D eigenvalue weighted by Gasteiger charge is -2.19. The van der Waals surface area contributed by atoms with E-state index in [0.717, 1.165) is 13.0 Å². The van der Waals surface area contributed by atoms with Crippen molar-refractivity contribution in [1.29, 1.82) is 0 Å². The van der Waals surface area contributed by atoms with Gasteiger partial charge in [-0.25, -0.2) is 0 Å². The van der Waals surface area contributed by atoms with Crippen LogP contribution in [-0.2, 0) is 0 Å². The number of hydrogen-bond donors (Lipinski definition) is 2. The van der Waals surface area contributed by atoms with Crippen LogP contribution < -0.4 is 11.1 Å². The first-order valence-electron chi connectivity index (χ1n) is 5.49. The topological polar surface area (TPSA) is 38.0 Å². The van der Waals surface area contributed by atoms with Crippen molar-refractivity contribution in [2.24, 2.45) is 5.73 Å². The van der Waals surface area contributed by atoms with Gasteiger partial charge in [-0.3, -0.25) is 0 Å². The second-order valence-corrected chi connectivity index (χ2v) is 4.91. The molecule has 0 aliphatic carbocycles. The van der Waals surface area contributed by atoms with Crippen molar-refractivity contribution >= 4 is 5.69 Å². The molecule has 0 radical (unpaired) electrons. The summed E-state index contributed by atoms with van der Waals surface area (Å²) in [7, 11) is 0. The average molecular weight is 206 g/mol. The second kappa shape index (κ2) is 4.67. The van der Waals surface area contributed by atoms with Gasteiger partial charge in [0.1, 0.15) is 0 Å². The molecule has 1 rings (SSSR count). The Morgan fingerprint density at radius 1 is 1.27 bits per heavy atom.